The van der Waals surface area contributed by atoms with Crippen LogP contribution in [0.2, 0.25) is 0 Å². The third-order valence-electron chi connectivity index (χ3n) is 6.17. The first-order valence-electron chi connectivity index (χ1n) is 8.89. The Kier molecular flexibility index (Phi) is 5.84. The summed E-state index contributed by atoms with van der Waals surface area (Å²) in [4.78, 5) is 24.3. The summed E-state index contributed by atoms with van der Waals surface area (Å²) in [5.74, 6) is -0.0718. The Morgan fingerprint density at radius 3 is 2.38 bits per heavy atom. The van der Waals surface area contributed by atoms with Crippen molar-refractivity contribution in [1.29, 1.82) is 0 Å². The van der Waals surface area contributed by atoms with E-state index in [4.69, 9.17) is 9.47 Å². The zero-order valence-electron chi connectivity index (χ0n) is 16.2. The molecule has 2 unspecified atom stereocenters. The van der Waals surface area contributed by atoms with Gasteiger partial charge < -0.3 is 19.9 Å². The molecule has 26 heavy (non-hydrogen) atoms. The molecule has 1 saturated carbocycles. The molecule has 0 aliphatic heterocycles. The molecule has 1 amide bonds. The fraction of sp³-hybridized carbons (Fsp3) is 0.600. The van der Waals surface area contributed by atoms with Gasteiger partial charge in [0, 0.05) is 6.54 Å². The highest BCUT2D eigenvalue weighted by atomic mass is 16.5. The van der Waals surface area contributed by atoms with Crippen LogP contribution in [-0.4, -0.2) is 37.7 Å². The average molecular weight is 363 g/mol. The molecule has 1 fully saturated rings. The third kappa shape index (κ3) is 3.50. The molecule has 2 atom stereocenters. The van der Waals surface area contributed by atoms with E-state index in [2.05, 4.69) is 5.32 Å². The van der Waals surface area contributed by atoms with E-state index in [0.717, 1.165) is 5.56 Å². The fourth-order valence-electron chi connectivity index (χ4n) is 3.89. The lowest BCUT2D eigenvalue weighted by Crippen LogP contribution is -2.48. The van der Waals surface area contributed by atoms with Crippen molar-refractivity contribution >= 4 is 11.9 Å². The molecule has 0 heterocycles. The fourth-order valence-corrected chi connectivity index (χ4v) is 3.89. The molecular formula is C20H29NO5. The van der Waals surface area contributed by atoms with Crippen molar-refractivity contribution in [3.05, 3.63) is 23.8 Å². The molecule has 1 aliphatic carbocycles. The molecular weight excluding hydrogens is 334 g/mol. The van der Waals surface area contributed by atoms with Crippen molar-refractivity contribution in [3.8, 4) is 11.5 Å². The summed E-state index contributed by atoms with van der Waals surface area (Å²) in [5, 5.41) is 12.4. The van der Waals surface area contributed by atoms with Gasteiger partial charge in [0.05, 0.1) is 25.6 Å². The van der Waals surface area contributed by atoms with E-state index in [0.29, 0.717) is 37.3 Å². The molecule has 6 heteroatoms. The van der Waals surface area contributed by atoms with Crippen molar-refractivity contribution in [2.24, 2.45) is 16.7 Å². The summed E-state index contributed by atoms with van der Waals surface area (Å²) >= 11 is 0. The van der Waals surface area contributed by atoms with Crippen molar-refractivity contribution in [1.82, 2.24) is 5.32 Å². The molecule has 6 nitrogen and oxygen atoms in total. The zero-order valence-corrected chi connectivity index (χ0v) is 16.2. The molecule has 0 radical (unpaired) electrons. The lowest BCUT2D eigenvalue weighted by atomic mass is 9.65. The standard InChI is InChI=1S/C20H29NO5/c1-19(2)14(17(22)23)8-10-20(19,3)18(24)21-11-9-13-6-7-15(25-4)16(12-13)26-5/h6-7,12,14H,8-11H2,1-5H3,(H,21,24)(H,22,23). The molecule has 144 valence electrons. The normalized spacial score (nSPS) is 24.1. The zero-order chi connectivity index (χ0) is 19.5. The van der Waals surface area contributed by atoms with Crippen LogP contribution in [0.5, 0.6) is 11.5 Å². The maximum absolute atomic E-state index is 12.8. The van der Waals surface area contributed by atoms with Gasteiger partial charge in [-0.1, -0.05) is 26.8 Å². The highest BCUT2D eigenvalue weighted by molar-refractivity contribution is 5.85. The van der Waals surface area contributed by atoms with Crippen molar-refractivity contribution < 1.29 is 24.2 Å². The summed E-state index contributed by atoms with van der Waals surface area (Å²) in [7, 11) is 3.18. The van der Waals surface area contributed by atoms with Gasteiger partial charge in [-0.15, -0.1) is 0 Å². The third-order valence-corrected chi connectivity index (χ3v) is 6.17. The summed E-state index contributed by atoms with van der Waals surface area (Å²) < 4.78 is 10.5. The number of ether oxygens (including phenoxy) is 2. The van der Waals surface area contributed by atoms with E-state index >= 15 is 0 Å². The molecule has 2 rings (SSSR count). The van der Waals surface area contributed by atoms with Gasteiger partial charge in [0.1, 0.15) is 0 Å². The number of carboxylic acids is 1. The average Bonchev–Trinajstić information content (AvgIpc) is 2.85. The Balaban J connectivity index is 2.00. The first-order chi connectivity index (χ1) is 12.2. The Bertz CT molecular complexity index is 685. The van der Waals surface area contributed by atoms with Crippen LogP contribution >= 0.6 is 0 Å². The second-order valence-corrected chi connectivity index (χ2v) is 7.68. The number of hydrogen-bond acceptors (Lipinski definition) is 4. The number of hydrogen-bond donors (Lipinski definition) is 2. The maximum atomic E-state index is 12.8. The van der Waals surface area contributed by atoms with Gasteiger partial charge in [-0.2, -0.15) is 0 Å². The Hall–Kier alpha value is -2.24. The Labute approximate surface area is 154 Å². The van der Waals surface area contributed by atoms with E-state index in [9.17, 15) is 14.7 Å². The number of amides is 1. The van der Waals surface area contributed by atoms with Crippen LogP contribution < -0.4 is 14.8 Å². The molecule has 0 spiro atoms. The maximum Gasteiger partial charge on any atom is 0.307 e. The van der Waals surface area contributed by atoms with E-state index in [1.807, 2.05) is 39.0 Å². The van der Waals surface area contributed by atoms with Crippen molar-refractivity contribution in [3.63, 3.8) is 0 Å². The van der Waals surface area contributed by atoms with E-state index in [-0.39, 0.29) is 5.91 Å². The molecule has 2 N–H and O–H groups in total. The van der Waals surface area contributed by atoms with Crippen LogP contribution in [0.4, 0.5) is 0 Å². The molecule has 0 saturated heterocycles. The molecule has 1 aliphatic rings. The largest absolute Gasteiger partial charge is 0.493 e. The van der Waals surface area contributed by atoms with Gasteiger partial charge in [0.15, 0.2) is 11.5 Å². The summed E-state index contributed by atoms with van der Waals surface area (Å²) in [6, 6.07) is 5.68. The van der Waals surface area contributed by atoms with Crippen LogP contribution in [0, 0.1) is 16.7 Å². The Morgan fingerprint density at radius 1 is 1.19 bits per heavy atom. The topological polar surface area (TPSA) is 84.9 Å². The van der Waals surface area contributed by atoms with Crippen LogP contribution in [0.1, 0.15) is 39.2 Å². The number of nitrogens with one attached hydrogen (secondary N) is 1. The Morgan fingerprint density at radius 2 is 1.85 bits per heavy atom. The molecule has 0 bridgehead atoms. The lowest BCUT2D eigenvalue weighted by molar-refractivity contribution is -0.148. The van der Waals surface area contributed by atoms with Gasteiger partial charge in [-0.25, -0.2) is 0 Å². The summed E-state index contributed by atoms with van der Waals surface area (Å²) in [6.07, 6.45) is 1.77. The molecule has 0 aromatic heterocycles. The van der Waals surface area contributed by atoms with Crippen LogP contribution in [0.3, 0.4) is 0 Å². The van der Waals surface area contributed by atoms with Gasteiger partial charge in [0.2, 0.25) is 5.91 Å². The monoisotopic (exact) mass is 363 g/mol. The van der Waals surface area contributed by atoms with Gasteiger partial charge in [-0.05, 0) is 42.4 Å². The molecule has 1 aromatic carbocycles. The summed E-state index contributed by atoms with van der Waals surface area (Å²) in [5.41, 5.74) is -0.248. The van der Waals surface area contributed by atoms with Crippen molar-refractivity contribution in [2.75, 3.05) is 20.8 Å². The number of rotatable bonds is 7. The van der Waals surface area contributed by atoms with Crippen LogP contribution in [0.15, 0.2) is 18.2 Å². The second kappa shape index (κ2) is 7.56. The quantitative estimate of drug-likeness (QED) is 0.778. The number of benzene rings is 1. The first kappa shape index (κ1) is 20.1. The number of carbonyl (C=O) groups excluding carboxylic acids is 1. The predicted molar refractivity (Wildman–Crippen MR) is 98.5 cm³/mol. The van der Waals surface area contributed by atoms with Gasteiger partial charge >= 0.3 is 5.97 Å². The summed E-state index contributed by atoms with van der Waals surface area (Å²) in [6.45, 7) is 6.12. The first-order valence-corrected chi connectivity index (χ1v) is 8.89. The van der Waals surface area contributed by atoms with Crippen molar-refractivity contribution in [2.45, 2.75) is 40.0 Å². The number of carbonyl (C=O) groups is 2. The second-order valence-electron chi connectivity index (χ2n) is 7.68. The van der Waals surface area contributed by atoms with Gasteiger partial charge in [-0.3, -0.25) is 9.59 Å². The number of carboxylic acid groups (broad SMARTS) is 1. The minimum atomic E-state index is -0.822. The highest BCUT2D eigenvalue weighted by Gasteiger charge is 2.58. The van der Waals surface area contributed by atoms with Crippen LogP contribution in [0.25, 0.3) is 0 Å². The van der Waals surface area contributed by atoms with E-state index in [1.165, 1.54) is 0 Å². The van der Waals surface area contributed by atoms with Gasteiger partial charge in [0.25, 0.3) is 0 Å². The predicted octanol–water partition coefficient (Wildman–Crippen LogP) is 2.89. The van der Waals surface area contributed by atoms with Crippen LogP contribution in [-0.2, 0) is 16.0 Å². The van der Waals surface area contributed by atoms with E-state index < -0.39 is 22.7 Å². The number of methoxy groups -OCH3 is 2. The molecule has 1 aromatic rings. The minimum absolute atomic E-state index is 0.0771. The smallest absolute Gasteiger partial charge is 0.307 e. The lowest BCUT2D eigenvalue weighted by Gasteiger charge is -2.39. The van der Waals surface area contributed by atoms with E-state index in [1.54, 1.807) is 14.2 Å². The minimum Gasteiger partial charge on any atom is -0.493 e. The number of aliphatic carboxylic acids is 1. The SMILES string of the molecule is COc1ccc(CCNC(=O)C2(C)CCC(C(=O)O)C2(C)C)cc1OC. The highest BCUT2D eigenvalue weighted by Crippen LogP contribution is 2.56.